The van der Waals surface area contributed by atoms with Gasteiger partial charge in [-0.25, -0.2) is 8.78 Å². The Balaban J connectivity index is 1.83. The van der Waals surface area contributed by atoms with Crippen molar-refractivity contribution >= 4 is 5.97 Å². The smallest absolute Gasteiger partial charge is 0.322 e. The van der Waals surface area contributed by atoms with Crippen LogP contribution in [0.4, 0.5) is 8.78 Å². The predicted molar refractivity (Wildman–Crippen MR) is 81.4 cm³/mol. The lowest BCUT2D eigenvalue weighted by Gasteiger charge is -2.35. The Labute approximate surface area is 137 Å². The molecule has 6 nitrogen and oxygen atoms in total. The van der Waals surface area contributed by atoms with Gasteiger partial charge in [0, 0.05) is 12.6 Å². The van der Waals surface area contributed by atoms with Crippen molar-refractivity contribution in [3.8, 4) is 0 Å². The van der Waals surface area contributed by atoms with Crippen LogP contribution in [0.5, 0.6) is 0 Å². The first-order valence-electron chi connectivity index (χ1n) is 7.66. The first-order valence-corrected chi connectivity index (χ1v) is 7.66. The minimum absolute atomic E-state index is 0.229. The van der Waals surface area contributed by atoms with Crippen LogP contribution in [-0.4, -0.2) is 43.3 Å². The average Bonchev–Trinajstić information content (AvgIpc) is 2.86. The minimum Gasteiger partial charge on any atom is -0.480 e. The van der Waals surface area contributed by atoms with Crippen LogP contribution in [0.2, 0.25) is 0 Å². The molecule has 0 spiro atoms. The van der Waals surface area contributed by atoms with Gasteiger partial charge in [-0.3, -0.25) is 9.69 Å². The van der Waals surface area contributed by atoms with E-state index in [9.17, 15) is 18.7 Å². The largest absolute Gasteiger partial charge is 0.480 e. The van der Waals surface area contributed by atoms with Gasteiger partial charge in [-0.2, -0.15) is 0 Å². The SMILES string of the molecule is Cc1nnc2n1CC(C(=O)O)N(CC(C)c1cc(F)cc(F)c1)C2. The summed E-state index contributed by atoms with van der Waals surface area (Å²) in [5, 5.41) is 17.6. The molecule has 8 heteroatoms. The molecule has 0 fully saturated rings. The highest BCUT2D eigenvalue weighted by atomic mass is 19.1. The minimum atomic E-state index is -0.939. The number of carboxylic acids is 1. The molecule has 2 heterocycles. The molecule has 0 saturated heterocycles. The van der Waals surface area contributed by atoms with Crippen molar-refractivity contribution in [2.45, 2.75) is 38.9 Å². The van der Waals surface area contributed by atoms with E-state index in [0.29, 0.717) is 30.3 Å². The van der Waals surface area contributed by atoms with E-state index in [-0.39, 0.29) is 12.5 Å². The predicted octanol–water partition coefficient (Wildman–Crippen LogP) is 1.94. The van der Waals surface area contributed by atoms with Crippen molar-refractivity contribution in [3.05, 3.63) is 47.0 Å². The molecule has 1 N–H and O–H groups in total. The number of nitrogens with zero attached hydrogens (tertiary/aromatic N) is 4. The zero-order valence-electron chi connectivity index (χ0n) is 13.4. The van der Waals surface area contributed by atoms with E-state index in [1.54, 1.807) is 16.4 Å². The molecule has 0 radical (unpaired) electrons. The highest BCUT2D eigenvalue weighted by Gasteiger charge is 2.34. The number of carboxylic acid groups (broad SMARTS) is 1. The summed E-state index contributed by atoms with van der Waals surface area (Å²) in [4.78, 5) is 13.4. The molecular formula is C16H18F2N4O2. The second kappa shape index (κ2) is 6.27. The van der Waals surface area contributed by atoms with Gasteiger partial charge in [0.25, 0.3) is 0 Å². The van der Waals surface area contributed by atoms with Crippen molar-refractivity contribution < 1.29 is 18.7 Å². The van der Waals surface area contributed by atoms with Gasteiger partial charge in [-0.15, -0.1) is 10.2 Å². The van der Waals surface area contributed by atoms with Gasteiger partial charge in [-0.1, -0.05) is 6.92 Å². The third-order valence-electron chi connectivity index (χ3n) is 4.40. The molecule has 1 aliphatic heterocycles. The highest BCUT2D eigenvalue weighted by molar-refractivity contribution is 5.73. The maximum absolute atomic E-state index is 13.4. The normalized spacial score (nSPS) is 19.1. The quantitative estimate of drug-likeness (QED) is 0.924. The number of carbonyl (C=O) groups is 1. The summed E-state index contributed by atoms with van der Waals surface area (Å²) in [6.45, 7) is 4.54. The Hall–Kier alpha value is -2.35. The number of hydrogen-bond acceptors (Lipinski definition) is 4. The zero-order valence-corrected chi connectivity index (χ0v) is 13.4. The van der Waals surface area contributed by atoms with E-state index in [0.717, 1.165) is 6.07 Å². The van der Waals surface area contributed by atoms with Gasteiger partial charge >= 0.3 is 5.97 Å². The lowest BCUT2D eigenvalue weighted by atomic mass is 9.99. The van der Waals surface area contributed by atoms with Gasteiger partial charge in [0.1, 0.15) is 29.3 Å². The fourth-order valence-electron chi connectivity index (χ4n) is 3.10. The Morgan fingerprint density at radius 3 is 2.62 bits per heavy atom. The summed E-state index contributed by atoms with van der Waals surface area (Å²) in [6.07, 6.45) is 0. The van der Waals surface area contributed by atoms with E-state index >= 15 is 0 Å². The van der Waals surface area contributed by atoms with Gasteiger partial charge in [0.05, 0.1) is 13.1 Å². The lowest BCUT2D eigenvalue weighted by molar-refractivity contribution is -0.145. The summed E-state index contributed by atoms with van der Waals surface area (Å²) in [5.41, 5.74) is 0.500. The lowest BCUT2D eigenvalue weighted by Crippen LogP contribution is -2.49. The second-order valence-corrected chi connectivity index (χ2v) is 6.16. The second-order valence-electron chi connectivity index (χ2n) is 6.16. The number of aromatic nitrogens is 3. The van der Waals surface area contributed by atoms with Crippen LogP contribution in [0.25, 0.3) is 0 Å². The Morgan fingerprint density at radius 1 is 1.33 bits per heavy atom. The van der Waals surface area contributed by atoms with E-state index < -0.39 is 23.6 Å². The molecular weight excluding hydrogens is 318 g/mol. The zero-order chi connectivity index (χ0) is 17.4. The molecule has 3 rings (SSSR count). The van der Waals surface area contributed by atoms with E-state index in [1.807, 2.05) is 6.92 Å². The van der Waals surface area contributed by atoms with Crippen LogP contribution in [0.1, 0.15) is 30.1 Å². The van der Waals surface area contributed by atoms with Crippen molar-refractivity contribution in [3.63, 3.8) is 0 Å². The molecule has 1 aliphatic rings. The average molecular weight is 336 g/mol. The third-order valence-corrected chi connectivity index (χ3v) is 4.40. The molecule has 128 valence electrons. The Morgan fingerprint density at radius 2 is 2.00 bits per heavy atom. The number of benzene rings is 1. The first kappa shape index (κ1) is 16.5. The third kappa shape index (κ3) is 3.14. The van der Waals surface area contributed by atoms with E-state index in [4.69, 9.17) is 0 Å². The number of fused-ring (bicyclic) bond motifs is 1. The number of hydrogen-bond donors (Lipinski definition) is 1. The van der Waals surface area contributed by atoms with Gasteiger partial charge in [0.15, 0.2) is 0 Å². The molecule has 2 atom stereocenters. The number of aryl methyl sites for hydroxylation is 1. The Bertz CT molecular complexity index is 757. The summed E-state index contributed by atoms with van der Waals surface area (Å²) < 4.78 is 28.6. The van der Waals surface area contributed by atoms with Crippen LogP contribution in [-0.2, 0) is 17.9 Å². The molecule has 0 aliphatic carbocycles. The van der Waals surface area contributed by atoms with Crippen LogP contribution in [0.15, 0.2) is 18.2 Å². The fraction of sp³-hybridized carbons (Fsp3) is 0.438. The summed E-state index contributed by atoms with van der Waals surface area (Å²) in [6, 6.07) is 2.65. The summed E-state index contributed by atoms with van der Waals surface area (Å²) in [5.74, 6) is -1.07. The fourth-order valence-corrected chi connectivity index (χ4v) is 3.10. The molecule has 2 unspecified atom stereocenters. The van der Waals surface area contributed by atoms with Gasteiger partial charge in [-0.05, 0) is 30.5 Å². The molecule has 24 heavy (non-hydrogen) atoms. The molecule has 1 aromatic heterocycles. The Kier molecular flexibility index (Phi) is 4.31. The van der Waals surface area contributed by atoms with Crippen molar-refractivity contribution in [1.82, 2.24) is 19.7 Å². The summed E-state index contributed by atoms with van der Waals surface area (Å²) in [7, 11) is 0. The van der Waals surface area contributed by atoms with Gasteiger partial charge < -0.3 is 9.67 Å². The summed E-state index contributed by atoms with van der Waals surface area (Å²) >= 11 is 0. The number of aliphatic carboxylic acids is 1. The monoisotopic (exact) mass is 336 g/mol. The topological polar surface area (TPSA) is 71.2 Å². The number of rotatable bonds is 4. The van der Waals surface area contributed by atoms with E-state index in [2.05, 4.69) is 10.2 Å². The van der Waals surface area contributed by atoms with Crippen molar-refractivity contribution in [1.29, 1.82) is 0 Å². The van der Waals surface area contributed by atoms with E-state index in [1.165, 1.54) is 12.1 Å². The molecule has 2 aromatic rings. The van der Waals surface area contributed by atoms with Crippen molar-refractivity contribution in [2.75, 3.05) is 6.54 Å². The van der Waals surface area contributed by atoms with Crippen molar-refractivity contribution in [2.24, 2.45) is 0 Å². The molecule has 1 aromatic carbocycles. The van der Waals surface area contributed by atoms with Crippen LogP contribution in [0, 0.1) is 18.6 Å². The molecule has 0 saturated carbocycles. The maximum atomic E-state index is 13.4. The highest BCUT2D eigenvalue weighted by Crippen LogP contribution is 2.24. The molecule has 0 bridgehead atoms. The van der Waals surface area contributed by atoms with Crippen LogP contribution < -0.4 is 0 Å². The van der Waals surface area contributed by atoms with Gasteiger partial charge in [0.2, 0.25) is 0 Å². The standard InChI is InChI=1S/C16H18F2N4O2/c1-9(11-3-12(17)5-13(18)4-11)6-21-8-15-20-19-10(2)22(15)7-14(21)16(23)24/h3-5,9,14H,6-8H2,1-2H3,(H,23,24). The van der Waals surface area contributed by atoms with Crippen LogP contribution >= 0.6 is 0 Å². The molecule has 0 amide bonds. The number of halogens is 2. The first-order chi connectivity index (χ1) is 11.3. The van der Waals surface area contributed by atoms with Crippen LogP contribution in [0.3, 0.4) is 0 Å². The maximum Gasteiger partial charge on any atom is 0.322 e.